The van der Waals surface area contributed by atoms with E-state index in [0.29, 0.717) is 16.5 Å². The van der Waals surface area contributed by atoms with Crippen LogP contribution >= 0.6 is 27.5 Å². The third-order valence-electron chi connectivity index (χ3n) is 3.43. The second-order valence-electron chi connectivity index (χ2n) is 5.25. The van der Waals surface area contributed by atoms with E-state index in [4.69, 9.17) is 11.6 Å². The summed E-state index contributed by atoms with van der Waals surface area (Å²) in [6.45, 7) is 1.86. The lowest BCUT2D eigenvalue weighted by Gasteiger charge is -2.11. The van der Waals surface area contributed by atoms with E-state index in [1.54, 1.807) is 30.5 Å². The molecule has 1 aromatic carbocycles. The number of rotatable bonds is 5. The first kappa shape index (κ1) is 18.0. The lowest BCUT2D eigenvalue weighted by atomic mass is 10.2. The first-order chi connectivity index (χ1) is 12.4. The Hall–Kier alpha value is -2.78. The monoisotopic (exact) mass is 434 g/mol. The second kappa shape index (κ2) is 7.63. The highest BCUT2D eigenvalue weighted by Crippen LogP contribution is 2.34. The molecule has 0 saturated heterocycles. The fourth-order valence-electron chi connectivity index (χ4n) is 2.16. The van der Waals surface area contributed by atoms with E-state index >= 15 is 0 Å². The van der Waals surface area contributed by atoms with E-state index in [1.165, 1.54) is 6.33 Å². The van der Waals surface area contributed by atoms with Gasteiger partial charge in [0.25, 0.3) is 0 Å². The van der Waals surface area contributed by atoms with Crippen LogP contribution < -0.4 is 10.6 Å². The maximum absolute atomic E-state index is 11.6. The van der Waals surface area contributed by atoms with E-state index in [-0.39, 0.29) is 17.3 Å². The molecule has 0 spiro atoms. The molecular formula is C16H12BrClN6O2. The standard InChI is InChI=1S/C16H12BrClN6O2/c1-9-2-4-11(18)6-12(9)22-15-14(24(25)26)16(21-8-20-15)23-13-5-3-10(17)7-19-13/h2-8H,1H3,(H2,19,20,21,22,23). The van der Waals surface area contributed by atoms with Gasteiger partial charge < -0.3 is 10.6 Å². The maximum Gasteiger partial charge on any atom is 0.353 e. The molecule has 2 N–H and O–H groups in total. The van der Waals surface area contributed by atoms with Crippen molar-refractivity contribution in [1.82, 2.24) is 15.0 Å². The number of hydrogen-bond acceptors (Lipinski definition) is 7. The van der Waals surface area contributed by atoms with Gasteiger partial charge in [-0.1, -0.05) is 17.7 Å². The topological polar surface area (TPSA) is 106 Å². The van der Waals surface area contributed by atoms with Crippen molar-refractivity contribution in [2.24, 2.45) is 0 Å². The van der Waals surface area contributed by atoms with E-state index in [1.807, 2.05) is 13.0 Å². The normalized spacial score (nSPS) is 10.4. The van der Waals surface area contributed by atoms with Crippen LogP contribution in [0.25, 0.3) is 0 Å². The third kappa shape index (κ3) is 4.06. The van der Waals surface area contributed by atoms with Crippen LogP contribution in [-0.4, -0.2) is 19.9 Å². The van der Waals surface area contributed by atoms with Gasteiger partial charge in [-0.25, -0.2) is 15.0 Å². The third-order valence-corrected chi connectivity index (χ3v) is 4.14. The molecule has 0 amide bonds. The largest absolute Gasteiger partial charge is 0.353 e. The fraction of sp³-hybridized carbons (Fsp3) is 0.0625. The number of anilines is 4. The maximum atomic E-state index is 11.6. The predicted octanol–water partition coefficient (Wildman–Crippen LogP) is 4.99. The first-order valence-electron chi connectivity index (χ1n) is 7.35. The summed E-state index contributed by atoms with van der Waals surface area (Å²) >= 11 is 9.29. The molecule has 3 aromatic rings. The molecule has 0 aliphatic rings. The lowest BCUT2D eigenvalue weighted by molar-refractivity contribution is -0.383. The van der Waals surface area contributed by atoms with Crippen LogP contribution in [0.4, 0.5) is 28.8 Å². The van der Waals surface area contributed by atoms with Gasteiger partial charge in [0.2, 0.25) is 11.6 Å². The van der Waals surface area contributed by atoms with Gasteiger partial charge in [0, 0.05) is 21.4 Å². The Morgan fingerprint density at radius 3 is 2.50 bits per heavy atom. The van der Waals surface area contributed by atoms with Crippen molar-refractivity contribution in [2.75, 3.05) is 10.6 Å². The molecule has 132 valence electrons. The summed E-state index contributed by atoms with van der Waals surface area (Å²) < 4.78 is 0.791. The van der Waals surface area contributed by atoms with E-state index in [9.17, 15) is 10.1 Å². The molecule has 0 fully saturated rings. The van der Waals surface area contributed by atoms with E-state index < -0.39 is 4.92 Å². The Bertz CT molecular complexity index is 967. The Labute approximate surface area is 161 Å². The number of benzene rings is 1. The smallest absolute Gasteiger partial charge is 0.334 e. The van der Waals surface area contributed by atoms with Crippen LogP contribution in [0, 0.1) is 17.0 Å². The van der Waals surface area contributed by atoms with Crippen molar-refractivity contribution in [2.45, 2.75) is 6.92 Å². The minimum absolute atomic E-state index is 0.0296. The molecule has 0 saturated carbocycles. The number of pyridine rings is 1. The van der Waals surface area contributed by atoms with Crippen molar-refractivity contribution < 1.29 is 4.92 Å². The van der Waals surface area contributed by atoms with Crippen LogP contribution in [-0.2, 0) is 0 Å². The molecule has 2 aromatic heterocycles. The molecule has 10 heteroatoms. The molecule has 0 atom stereocenters. The summed E-state index contributed by atoms with van der Waals surface area (Å²) in [4.78, 5) is 23.2. The minimum Gasteiger partial charge on any atom is -0.334 e. The van der Waals surface area contributed by atoms with Crippen LogP contribution in [0.1, 0.15) is 5.56 Å². The van der Waals surface area contributed by atoms with Gasteiger partial charge in [-0.05, 0) is 52.7 Å². The van der Waals surface area contributed by atoms with Crippen LogP contribution in [0.2, 0.25) is 5.02 Å². The van der Waals surface area contributed by atoms with Crippen LogP contribution in [0.5, 0.6) is 0 Å². The number of nitro groups is 1. The quantitative estimate of drug-likeness (QED) is 0.429. The summed E-state index contributed by atoms with van der Waals surface area (Å²) in [5.41, 5.74) is 1.19. The lowest BCUT2D eigenvalue weighted by Crippen LogP contribution is -2.06. The highest BCUT2D eigenvalue weighted by atomic mass is 79.9. The van der Waals surface area contributed by atoms with Gasteiger partial charge >= 0.3 is 5.69 Å². The molecule has 0 aliphatic heterocycles. The van der Waals surface area contributed by atoms with E-state index in [0.717, 1.165) is 10.0 Å². The van der Waals surface area contributed by atoms with Gasteiger partial charge in [-0.2, -0.15) is 0 Å². The molecule has 2 heterocycles. The Morgan fingerprint density at radius 2 is 1.85 bits per heavy atom. The highest BCUT2D eigenvalue weighted by molar-refractivity contribution is 9.10. The van der Waals surface area contributed by atoms with Gasteiger partial charge in [0.05, 0.1) is 4.92 Å². The van der Waals surface area contributed by atoms with Crippen molar-refractivity contribution in [1.29, 1.82) is 0 Å². The summed E-state index contributed by atoms with van der Waals surface area (Å²) in [5.74, 6) is 0.497. The zero-order valence-corrected chi connectivity index (χ0v) is 15.7. The number of nitrogens with one attached hydrogen (secondary N) is 2. The van der Waals surface area contributed by atoms with Crippen molar-refractivity contribution in [3.63, 3.8) is 0 Å². The Kier molecular flexibility index (Phi) is 5.29. The molecule has 0 unspecified atom stereocenters. The number of aromatic nitrogens is 3. The summed E-state index contributed by atoms with van der Waals surface area (Å²) in [5, 5.41) is 17.9. The Morgan fingerprint density at radius 1 is 1.12 bits per heavy atom. The van der Waals surface area contributed by atoms with Crippen LogP contribution in [0.3, 0.4) is 0 Å². The number of aryl methyl sites for hydroxylation is 1. The summed E-state index contributed by atoms with van der Waals surface area (Å²) in [7, 11) is 0. The molecule has 26 heavy (non-hydrogen) atoms. The molecule has 0 aliphatic carbocycles. The van der Waals surface area contributed by atoms with E-state index in [2.05, 4.69) is 41.5 Å². The van der Waals surface area contributed by atoms with Crippen molar-refractivity contribution in [3.8, 4) is 0 Å². The van der Waals surface area contributed by atoms with Gasteiger partial charge in [-0.15, -0.1) is 0 Å². The fourth-order valence-corrected chi connectivity index (χ4v) is 2.57. The number of halogens is 2. The average Bonchev–Trinajstić information content (AvgIpc) is 2.60. The minimum atomic E-state index is -0.552. The average molecular weight is 436 g/mol. The number of hydrogen-bond donors (Lipinski definition) is 2. The molecule has 8 nitrogen and oxygen atoms in total. The second-order valence-corrected chi connectivity index (χ2v) is 6.60. The van der Waals surface area contributed by atoms with Gasteiger partial charge in [0.15, 0.2) is 0 Å². The highest BCUT2D eigenvalue weighted by Gasteiger charge is 2.24. The first-order valence-corrected chi connectivity index (χ1v) is 8.52. The SMILES string of the molecule is Cc1ccc(Cl)cc1Nc1ncnc(Nc2ccc(Br)cn2)c1[N+](=O)[O-]. The Balaban J connectivity index is 1.99. The number of nitrogens with zero attached hydrogens (tertiary/aromatic N) is 4. The van der Waals surface area contributed by atoms with Gasteiger partial charge in [0.1, 0.15) is 12.1 Å². The molecule has 0 radical (unpaired) electrons. The zero-order chi connectivity index (χ0) is 18.7. The summed E-state index contributed by atoms with van der Waals surface area (Å²) in [6.07, 6.45) is 2.81. The van der Waals surface area contributed by atoms with Crippen molar-refractivity contribution >= 4 is 56.4 Å². The molecule has 3 rings (SSSR count). The molecular weight excluding hydrogens is 424 g/mol. The van der Waals surface area contributed by atoms with Crippen molar-refractivity contribution in [3.05, 3.63) is 68.0 Å². The molecule has 0 bridgehead atoms. The predicted molar refractivity (Wildman–Crippen MR) is 103 cm³/mol. The van der Waals surface area contributed by atoms with Gasteiger partial charge in [-0.3, -0.25) is 10.1 Å². The summed E-state index contributed by atoms with van der Waals surface area (Å²) in [6, 6.07) is 8.65. The van der Waals surface area contributed by atoms with Crippen LogP contribution in [0.15, 0.2) is 47.3 Å². The zero-order valence-electron chi connectivity index (χ0n) is 13.4.